The first-order valence-electron chi connectivity index (χ1n) is 12.7. The summed E-state index contributed by atoms with van der Waals surface area (Å²) in [6.45, 7) is 10.0. The number of aliphatic hydroxyl groups excluding tert-OH is 3. The lowest BCUT2D eigenvalue weighted by Gasteiger charge is -2.69. The largest absolute Gasteiger partial charge is 0.481 e. The molecule has 0 aromatic carbocycles. The first kappa shape index (κ1) is 23.7. The molecule has 7 heteroatoms. The number of carbonyl (C=O) groups is 1. The second-order valence-electron chi connectivity index (χ2n) is 12.3. The molecule has 5 aliphatic rings. The van der Waals surface area contributed by atoms with Crippen LogP contribution in [0, 0.1) is 28.1 Å². The van der Waals surface area contributed by atoms with Crippen molar-refractivity contribution in [1.82, 2.24) is 0 Å². The third-order valence-electron chi connectivity index (χ3n) is 10.9. The normalized spacial score (nSPS) is 56.2. The maximum Gasteiger partial charge on any atom is 0.312 e. The Morgan fingerprint density at radius 2 is 1.79 bits per heavy atom. The number of fused-ring (bicyclic) bond motifs is 3. The summed E-state index contributed by atoms with van der Waals surface area (Å²) in [5, 5.41) is 41.9. The molecule has 1 saturated heterocycles. The molecule has 0 aromatic heterocycles. The van der Waals surface area contributed by atoms with E-state index in [9.17, 15) is 25.2 Å². The number of ether oxygens (including phenoxy) is 2. The van der Waals surface area contributed by atoms with E-state index in [1.807, 2.05) is 0 Å². The van der Waals surface area contributed by atoms with Gasteiger partial charge in [0.2, 0.25) is 0 Å². The zero-order valence-corrected chi connectivity index (χ0v) is 20.1. The van der Waals surface area contributed by atoms with Crippen LogP contribution in [0.25, 0.3) is 0 Å². The predicted molar refractivity (Wildman–Crippen MR) is 120 cm³/mol. The molecule has 4 N–H and O–H groups in total. The molecule has 0 radical (unpaired) electrons. The van der Waals surface area contributed by atoms with E-state index < -0.39 is 53.1 Å². The summed E-state index contributed by atoms with van der Waals surface area (Å²) in [6, 6.07) is 0. The van der Waals surface area contributed by atoms with Gasteiger partial charge in [-0.1, -0.05) is 25.5 Å². The Kier molecular flexibility index (Phi) is 5.40. The van der Waals surface area contributed by atoms with Crippen LogP contribution in [0.1, 0.15) is 78.6 Å². The first-order valence-corrected chi connectivity index (χ1v) is 12.7. The summed E-state index contributed by atoms with van der Waals surface area (Å²) in [5.74, 6) is 0.00317. The molecule has 186 valence electrons. The van der Waals surface area contributed by atoms with Gasteiger partial charge in [0.1, 0.15) is 18.3 Å². The second-order valence-corrected chi connectivity index (χ2v) is 12.3. The van der Waals surface area contributed by atoms with Crippen molar-refractivity contribution < 1.29 is 34.7 Å². The van der Waals surface area contributed by atoms with Gasteiger partial charge in [-0.3, -0.25) is 4.79 Å². The van der Waals surface area contributed by atoms with E-state index in [1.54, 1.807) is 13.8 Å². The van der Waals surface area contributed by atoms with E-state index in [2.05, 4.69) is 13.5 Å². The van der Waals surface area contributed by atoms with Crippen molar-refractivity contribution in [3.05, 3.63) is 12.2 Å². The molecule has 7 nitrogen and oxygen atoms in total. The van der Waals surface area contributed by atoms with Crippen LogP contribution in [0.3, 0.4) is 0 Å². The fraction of sp³-hybridized carbons (Fsp3) is 0.885. The molecule has 1 aliphatic heterocycles. The van der Waals surface area contributed by atoms with Crippen LogP contribution in [0.2, 0.25) is 0 Å². The van der Waals surface area contributed by atoms with Gasteiger partial charge in [-0.15, -0.1) is 0 Å². The summed E-state index contributed by atoms with van der Waals surface area (Å²) in [5.41, 5.74) is -1.12. The number of aliphatic hydroxyl groups is 3. The number of carboxylic acids is 1. The number of hydrogen-bond acceptors (Lipinski definition) is 6. The molecule has 0 amide bonds. The van der Waals surface area contributed by atoms with Gasteiger partial charge in [0.15, 0.2) is 6.29 Å². The molecule has 1 heterocycles. The van der Waals surface area contributed by atoms with Crippen LogP contribution in [0.4, 0.5) is 0 Å². The minimum Gasteiger partial charge on any atom is -0.481 e. The Morgan fingerprint density at radius 3 is 2.48 bits per heavy atom. The molecule has 11 atom stereocenters. The quantitative estimate of drug-likeness (QED) is 0.375. The van der Waals surface area contributed by atoms with Crippen molar-refractivity contribution in [2.45, 2.75) is 115 Å². The van der Waals surface area contributed by atoms with E-state index >= 15 is 0 Å². The summed E-state index contributed by atoms with van der Waals surface area (Å²) in [6.07, 6.45) is 1.87. The van der Waals surface area contributed by atoms with Gasteiger partial charge in [-0.05, 0) is 82.5 Å². The lowest BCUT2D eigenvalue weighted by Crippen LogP contribution is -2.73. The zero-order chi connectivity index (χ0) is 24.0. The minimum absolute atomic E-state index is 0.146. The number of carboxylic acid groups (broad SMARTS) is 1. The Bertz CT molecular complexity index is 844. The van der Waals surface area contributed by atoms with Crippen LogP contribution >= 0.6 is 0 Å². The molecule has 33 heavy (non-hydrogen) atoms. The second kappa shape index (κ2) is 7.50. The lowest BCUT2D eigenvalue weighted by atomic mass is 9.38. The van der Waals surface area contributed by atoms with E-state index in [-0.39, 0.29) is 5.41 Å². The van der Waals surface area contributed by atoms with Gasteiger partial charge in [-0.2, -0.15) is 0 Å². The highest BCUT2D eigenvalue weighted by molar-refractivity contribution is 5.76. The minimum atomic E-state index is -1.45. The van der Waals surface area contributed by atoms with Crippen LogP contribution in [-0.2, 0) is 14.3 Å². The van der Waals surface area contributed by atoms with E-state index in [1.165, 1.54) is 5.57 Å². The molecule has 4 saturated carbocycles. The molecule has 5 rings (SSSR count). The van der Waals surface area contributed by atoms with Crippen molar-refractivity contribution in [2.75, 3.05) is 0 Å². The van der Waals surface area contributed by atoms with Crippen molar-refractivity contribution in [3.8, 4) is 0 Å². The Morgan fingerprint density at radius 1 is 1.06 bits per heavy atom. The summed E-state index contributed by atoms with van der Waals surface area (Å²) in [4.78, 5) is 12.9. The number of rotatable bonds is 3. The number of hydrogen-bond donors (Lipinski definition) is 4. The average Bonchev–Trinajstić information content (AvgIpc) is 3.00. The monoisotopic (exact) mass is 464 g/mol. The highest BCUT2D eigenvalue weighted by Crippen LogP contribution is 2.74. The van der Waals surface area contributed by atoms with Crippen molar-refractivity contribution in [2.24, 2.45) is 28.1 Å². The molecular formula is C26H40O7. The Hall–Kier alpha value is -0.990. The Labute approximate surface area is 196 Å². The smallest absolute Gasteiger partial charge is 0.312 e. The lowest BCUT2D eigenvalue weighted by molar-refractivity contribution is -0.375. The van der Waals surface area contributed by atoms with Crippen molar-refractivity contribution in [3.63, 3.8) is 0 Å². The maximum atomic E-state index is 12.9. The zero-order valence-electron chi connectivity index (χ0n) is 20.1. The van der Waals surface area contributed by atoms with Crippen LogP contribution in [0.15, 0.2) is 12.2 Å². The highest BCUT2D eigenvalue weighted by atomic mass is 16.7. The van der Waals surface area contributed by atoms with Crippen LogP contribution in [-0.4, -0.2) is 62.7 Å². The first-order chi connectivity index (χ1) is 15.4. The third kappa shape index (κ3) is 2.95. The van der Waals surface area contributed by atoms with Crippen LogP contribution in [0.5, 0.6) is 0 Å². The van der Waals surface area contributed by atoms with E-state index in [0.717, 1.165) is 44.9 Å². The number of allylic oxidation sites excluding steroid dienone is 1. The summed E-state index contributed by atoms with van der Waals surface area (Å²) >= 11 is 0. The van der Waals surface area contributed by atoms with Gasteiger partial charge in [0, 0.05) is 5.41 Å². The van der Waals surface area contributed by atoms with Crippen LogP contribution < -0.4 is 0 Å². The molecule has 5 fully saturated rings. The van der Waals surface area contributed by atoms with Gasteiger partial charge in [0.25, 0.3) is 0 Å². The van der Waals surface area contributed by atoms with Gasteiger partial charge in [0.05, 0.1) is 17.1 Å². The summed E-state index contributed by atoms with van der Waals surface area (Å²) in [7, 11) is 0. The molecule has 4 aliphatic carbocycles. The van der Waals surface area contributed by atoms with Gasteiger partial charge in [-0.25, -0.2) is 0 Å². The fourth-order valence-electron chi connectivity index (χ4n) is 9.11. The fourth-order valence-corrected chi connectivity index (χ4v) is 9.11. The van der Waals surface area contributed by atoms with Gasteiger partial charge >= 0.3 is 5.97 Å². The Balaban J connectivity index is 1.59. The standard InChI is InChI=1S/C26H40O7/c1-14-12-25-10-11-26(33-21-20(29)19(28)18(27)15(2)32-21)23(3,17(25)7-6-16(14)13-25)8-5-9-24(26,4)22(30)31/h15-21,27-29H,1,5-13H2,2-4H3,(H,30,31)/t15-,16+,17-,18+,19+,20-,21+,23-,24-,25+,26+/m0/s1. The molecule has 2 bridgehead atoms. The maximum absolute atomic E-state index is 12.9. The molecule has 0 unspecified atom stereocenters. The topological polar surface area (TPSA) is 116 Å². The van der Waals surface area contributed by atoms with E-state index in [0.29, 0.717) is 24.7 Å². The van der Waals surface area contributed by atoms with Crippen molar-refractivity contribution >= 4 is 5.97 Å². The molecule has 1 spiro atoms. The summed E-state index contributed by atoms with van der Waals surface area (Å²) < 4.78 is 12.6. The third-order valence-corrected chi connectivity index (χ3v) is 10.9. The SMILES string of the molecule is C=C1C[C@@]23CC[C@]4(O[C@H]5O[C@@H](C)[C@@H](O)[C@@H](O)[C@@H]5O)[C@](C)(C(=O)O)CCC[C@@]4(C)[C@@H]2CC[C@@H]1C3. The van der Waals surface area contributed by atoms with Gasteiger partial charge < -0.3 is 29.9 Å². The average molecular weight is 465 g/mol. The predicted octanol–water partition coefficient (Wildman–Crippen LogP) is 3.01. The molecular weight excluding hydrogens is 424 g/mol. The van der Waals surface area contributed by atoms with E-state index in [4.69, 9.17) is 9.47 Å². The number of aliphatic carboxylic acids is 1. The molecule has 0 aromatic rings. The van der Waals surface area contributed by atoms with Crippen molar-refractivity contribution in [1.29, 1.82) is 0 Å². The highest BCUT2D eigenvalue weighted by Gasteiger charge is 2.74.